The number of rotatable bonds is 8. The van der Waals surface area contributed by atoms with E-state index in [4.69, 9.17) is 26.3 Å². The fourth-order valence-corrected chi connectivity index (χ4v) is 2.97. The summed E-state index contributed by atoms with van der Waals surface area (Å²) in [6, 6.07) is 20.1. The second-order valence-electron chi connectivity index (χ2n) is 6.58. The van der Waals surface area contributed by atoms with Gasteiger partial charge in [0.05, 0.1) is 23.3 Å². The molecule has 32 heavy (non-hydrogen) atoms. The van der Waals surface area contributed by atoms with E-state index in [-0.39, 0.29) is 17.5 Å². The molecule has 0 fully saturated rings. The number of carbonyl (C=O) groups excluding carboxylic acids is 2. The zero-order valence-electron chi connectivity index (χ0n) is 17.2. The minimum Gasteiger partial charge on any atom is -0.494 e. The topological polar surface area (TPSA) is 100 Å². The van der Waals surface area contributed by atoms with Crippen molar-refractivity contribution in [3.63, 3.8) is 0 Å². The van der Waals surface area contributed by atoms with Crippen LogP contribution >= 0.6 is 11.6 Å². The molecule has 0 unspecified atom stereocenters. The van der Waals surface area contributed by atoms with Gasteiger partial charge in [0.25, 0.3) is 11.8 Å². The number of hydrogen-bond acceptors (Lipinski definition) is 5. The number of halogens is 1. The number of anilines is 2. The molecule has 3 aromatic carbocycles. The highest BCUT2D eigenvalue weighted by molar-refractivity contribution is 6.32. The number of nitriles is 1. The molecule has 0 bridgehead atoms. The zero-order valence-corrected chi connectivity index (χ0v) is 18.0. The molecule has 0 aliphatic heterocycles. The molecule has 3 aromatic rings. The first kappa shape index (κ1) is 22.7. The Balaban J connectivity index is 1.51. The van der Waals surface area contributed by atoms with E-state index in [9.17, 15) is 9.59 Å². The molecule has 0 saturated heterocycles. The maximum atomic E-state index is 12.4. The van der Waals surface area contributed by atoms with Crippen LogP contribution in [0.2, 0.25) is 5.02 Å². The van der Waals surface area contributed by atoms with Gasteiger partial charge in [-0.15, -0.1) is 0 Å². The summed E-state index contributed by atoms with van der Waals surface area (Å²) in [5, 5.41) is 14.6. The number of nitrogens with one attached hydrogen (secondary N) is 2. The number of ether oxygens (including phenoxy) is 2. The second kappa shape index (κ2) is 10.8. The fraction of sp³-hybridized carbons (Fsp3) is 0.125. The van der Waals surface area contributed by atoms with Crippen LogP contribution in [-0.2, 0) is 4.79 Å². The molecule has 2 N–H and O–H groups in total. The van der Waals surface area contributed by atoms with Crippen LogP contribution in [0.5, 0.6) is 11.5 Å². The molecular weight excluding hydrogens is 430 g/mol. The van der Waals surface area contributed by atoms with Crippen molar-refractivity contribution in [3.8, 4) is 17.6 Å². The van der Waals surface area contributed by atoms with Crippen LogP contribution in [0.3, 0.4) is 0 Å². The Morgan fingerprint density at radius 1 is 0.938 bits per heavy atom. The summed E-state index contributed by atoms with van der Waals surface area (Å²) in [6.45, 7) is 2.22. The van der Waals surface area contributed by atoms with Gasteiger partial charge in [0, 0.05) is 16.9 Å². The average molecular weight is 450 g/mol. The molecular formula is C24H20ClN3O4. The van der Waals surface area contributed by atoms with Gasteiger partial charge < -0.3 is 20.1 Å². The third-order valence-corrected chi connectivity index (χ3v) is 4.57. The van der Waals surface area contributed by atoms with Gasteiger partial charge in [0.15, 0.2) is 6.61 Å². The third kappa shape index (κ3) is 6.24. The normalized spacial score (nSPS) is 10.0. The smallest absolute Gasteiger partial charge is 0.262 e. The molecule has 2 amide bonds. The van der Waals surface area contributed by atoms with Crippen molar-refractivity contribution < 1.29 is 19.1 Å². The monoisotopic (exact) mass is 449 g/mol. The lowest BCUT2D eigenvalue weighted by Gasteiger charge is -2.10. The third-order valence-electron chi connectivity index (χ3n) is 4.27. The van der Waals surface area contributed by atoms with Gasteiger partial charge in [-0.1, -0.05) is 11.6 Å². The van der Waals surface area contributed by atoms with Crippen molar-refractivity contribution >= 4 is 34.8 Å². The predicted octanol–water partition coefficient (Wildman–Crippen LogP) is 4.88. The molecule has 0 heterocycles. The van der Waals surface area contributed by atoms with Gasteiger partial charge in [0.2, 0.25) is 0 Å². The molecule has 162 valence electrons. The van der Waals surface area contributed by atoms with Crippen molar-refractivity contribution in [1.29, 1.82) is 5.26 Å². The zero-order chi connectivity index (χ0) is 22.9. The van der Waals surface area contributed by atoms with Gasteiger partial charge >= 0.3 is 0 Å². The molecule has 0 saturated carbocycles. The summed E-state index contributed by atoms with van der Waals surface area (Å²) in [5.74, 6) is 0.376. The van der Waals surface area contributed by atoms with Gasteiger partial charge in [0.1, 0.15) is 11.5 Å². The highest BCUT2D eigenvalue weighted by Gasteiger charge is 2.09. The number of carbonyl (C=O) groups is 2. The van der Waals surface area contributed by atoms with Gasteiger partial charge in [-0.2, -0.15) is 5.26 Å². The lowest BCUT2D eigenvalue weighted by molar-refractivity contribution is -0.118. The van der Waals surface area contributed by atoms with Crippen molar-refractivity contribution in [1.82, 2.24) is 0 Å². The van der Waals surface area contributed by atoms with Crippen LogP contribution < -0.4 is 20.1 Å². The maximum Gasteiger partial charge on any atom is 0.262 e. The molecule has 0 aliphatic rings. The standard InChI is InChI=1S/C24H20ClN3O4/c1-2-31-20-10-8-19(9-11-20)28-24(30)17-4-6-18(7-5-17)27-23(29)15-32-22-12-3-16(14-26)13-21(22)25/h3-13H,2,15H2,1H3,(H,27,29)(H,28,30). The molecule has 7 nitrogen and oxygen atoms in total. The van der Waals surface area contributed by atoms with Crippen molar-refractivity contribution in [2.45, 2.75) is 6.92 Å². The summed E-state index contributed by atoms with van der Waals surface area (Å²) in [4.78, 5) is 24.5. The molecule has 0 aromatic heterocycles. The van der Waals surface area contributed by atoms with Gasteiger partial charge in [-0.25, -0.2) is 0 Å². The van der Waals surface area contributed by atoms with Crippen LogP contribution in [0.4, 0.5) is 11.4 Å². The minimum atomic E-state index is -0.392. The van der Waals surface area contributed by atoms with E-state index in [1.54, 1.807) is 54.6 Å². The largest absolute Gasteiger partial charge is 0.494 e. The quantitative estimate of drug-likeness (QED) is 0.510. The Hall–Kier alpha value is -4.02. The number of amides is 2. The molecule has 8 heteroatoms. The summed E-state index contributed by atoms with van der Waals surface area (Å²) in [7, 11) is 0. The lowest BCUT2D eigenvalue weighted by atomic mass is 10.2. The molecule has 0 atom stereocenters. The Labute approximate surface area is 190 Å². The molecule has 0 aliphatic carbocycles. The maximum absolute atomic E-state index is 12.4. The van der Waals surface area contributed by atoms with Crippen molar-refractivity contribution in [3.05, 3.63) is 82.9 Å². The van der Waals surface area contributed by atoms with E-state index >= 15 is 0 Å². The van der Waals surface area contributed by atoms with E-state index in [2.05, 4.69) is 10.6 Å². The number of benzene rings is 3. The van der Waals surface area contributed by atoms with Gasteiger partial charge in [-0.05, 0) is 73.7 Å². The first-order valence-corrected chi connectivity index (χ1v) is 10.1. The molecule has 0 spiro atoms. The molecule has 0 radical (unpaired) electrons. The van der Waals surface area contributed by atoms with E-state index < -0.39 is 5.91 Å². The summed E-state index contributed by atoms with van der Waals surface area (Å²) >= 11 is 6.03. The van der Waals surface area contributed by atoms with E-state index in [0.29, 0.717) is 34.9 Å². The van der Waals surface area contributed by atoms with Crippen LogP contribution in [0, 0.1) is 11.3 Å². The first-order chi connectivity index (χ1) is 15.5. The van der Waals surface area contributed by atoms with Crippen LogP contribution in [-0.4, -0.2) is 25.0 Å². The van der Waals surface area contributed by atoms with Crippen molar-refractivity contribution in [2.24, 2.45) is 0 Å². The fourth-order valence-electron chi connectivity index (χ4n) is 2.74. The van der Waals surface area contributed by atoms with E-state index in [0.717, 1.165) is 5.75 Å². The van der Waals surface area contributed by atoms with Crippen LogP contribution in [0.15, 0.2) is 66.7 Å². The van der Waals surface area contributed by atoms with Crippen molar-refractivity contribution in [2.75, 3.05) is 23.8 Å². The Kier molecular flexibility index (Phi) is 7.68. The minimum absolute atomic E-state index is 0.250. The Morgan fingerprint density at radius 3 is 2.22 bits per heavy atom. The highest BCUT2D eigenvalue weighted by Crippen LogP contribution is 2.25. The van der Waals surface area contributed by atoms with Gasteiger partial charge in [-0.3, -0.25) is 9.59 Å². The van der Waals surface area contributed by atoms with Crippen LogP contribution in [0.25, 0.3) is 0 Å². The lowest BCUT2D eigenvalue weighted by Crippen LogP contribution is -2.20. The Morgan fingerprint density at radius 2 is 1.59 bits per heavy atom. The Bertz CT molecular complexity index is 1140. The van der Waals surface area contributed by atoms with E-state index in [1.807, 2.05) is 13.0 Å². The summed E-state index contributed by atoms with van der Waals surface area (Å²) < 4.78 is 10.8. The van der Waals surface area contributed by atoms with Crippen LogP contribution in [0.1, 0.15) is 22.8 Å². The summed E-state index contributed by atoms with van der Waals surface area (Å²) in [5.41, 5.74) is 2.01. The SMILES string of the molecule is CCOc1ccc(NC(=O)c2ccc(NC(=O)COc3ccc(C#N)cc3Cl)cc2)cc1. The average Bonchev–Trinajstić information content (AvgIpc) is 2.80. The molecule has 3 rings (SSSR count). The number of nitrogens with zero attached hydrogens (tertiary/aromatic N) is 1. The summed E-state index contributed by atoms with van der Waals surface area (Å²) in [6.07, 6.45) is 0. The van der Waals surface area contributed by atoms with E-state index in [1.165, 1.54) is 12.1 Å². The highest BCUT2D eigenvalue weighted by atomic mass is 35.5. The first-order valence-electron chi connectivity index (χ1n) is 9.75. The predicted molar refractivity (Wildman–Crippen MR) is 122 cm³/mol. The number of hydrogen-bond donors (Lipinski definition) is 2. The second-order valence-corrected chi connectivity index (χ2v) is 6.99.